The topological polar surface area (TPSA) is 46.5 Å². The van der Waals surface area contributed by atoms with Crippen molar-refractivity contribution in [2.45, 2.75) is 32.6 Å². The Bertz CT molecular complexity index is 727. The number of aryl methyl sites for hydroxylation is 1. The Balaban J connectivity index is 2.38. The van der Waals surface area contributed by atoms with Crippen molar-refractivity contribution in [2.24, 2.45) is 0 Å². The van der Waals surface area contributed by atoms with E-state index in [1.165, 1.54) is 0 Å². The van der Waals surface area contributed by atoms with Crippen molar-refractivity contribution >= 4 is 6.16 Å². The van der Waals surface area contributed by atoms with Crippen molar-refractivity contribution in [3.8, 4) is 16.9 Å². The number of ether oxygens (including phenoxy) is 1. The molecule has 0 aliphatic rings. The Morgan fingerprint density at radius 2 is 1.75 bits per heavy atom. The highest BCUT2D eigenvalue weighted by Crippen LogP contribution is 2.35. The van der Waals surface area contributed by atoms with Gasteiger partial charge < -0.3 is 9.84 Å². The Kier molecular flexibility index (Phi) is 5.84. The van der Waals surface area contributed by atoms with Crippen LogP contribution in [0.4, 0.5) is 18.0 Å². The zero-order chi connectivity index (χ0) is 17.7. The van der Waals surface area contributed by atoms with Crippen LogP contribution in [-0.2, 0) is 6.42 Å². The summed E-state index contributed by atoms with van der Waals surface area (Å²) in [6, 6.07) is 7.50. The highest BCUT2D eigenvalue weighted by molar-refractivity contribution is 5.74. The van der Waals surface area contributed by atoms with E-state index in [1.54, 1.807) is 24.3 Å². The van der Waals surface area contributed by atoms with Crippen LogP contribution in [0.3, 0.4) is 0 Å². The summed E-state index contributed by atoms with van der Waals surface area (Å²) in [5.41, 5.74) is 1.23. The third-order valence-electron chi connectivity index (χ3n) is 3.64. The molecule has 0 spiro atoms. The van der Waals surface area contributed by atoms with Crippen molar-refractivity contribution in [3.05, 3.63) is 53.3 Å². The van der Waals surface area contributed by atoms with Crippen LogP contribution in [0.2, 0.25) is 0 Å². The maximum atomic E-state index is 13.9. The summed E-state index contributed by atoms with van der Waals surface area (Å²) in [4.78, 5) is 10.7. The van der Waals surface area contributed by atoms with E-state index in [0.29, 0.717) is 5.56 Å². The van der Waals surface area contributed by atoms with E-state index < -0.39 is 29.4 Å². The molecule has 0 atom stereocenters. The van der Waals surface area contributed by atoms with Crippen LogP contribution in [0.1, 0.15) is 31.7 Å². The van der Waals surface area contributed by atoms with Crippen LogP contribution in [0, 0.1) is 17.5 Å². The molecule has 0 bridgehead atoms. The van der Waals surface area contributed by atoms with Crippen LogP contribution >= 0.6 is 0 Å². The number of rotatable bonds is 6. The molecule has 0 fully saturated rings. The molecule has 0 heterocycles. The first kappa shape index (κ1) is 17.8. The largest absolute Gasteiger partial charge is 0.511 e. The molecule has 1 N–H and O–H groups in total. The van der Waals surface area contributed by atoms with Gasteiger partial charge in [-0.1, -0.05) is 44.0 Å². The Labute approximate surface area is 137 Å². The first-order valence-electron chi connectivity index (χ1n) is 7.61. The van der Waals surface area contributed by atoms with Crippen molar-refractivity contribution < 1.29 is 27.8 Å². The van der Waals surface area contributed by atoms with E-state index in [1.807, 2.05) is 0 Å². The Morgan fingerprint density at radius 1 is 1.08 bits per heavy atom. The maximum absolute atomic E-state index is 13.9. The van der Waals surface area contributed by atoms with Gasteiger partial charge in [0.25, 0.3) is 0 Å². The number of hydrogen-bond acceptors (Lipinski definition) is 2. The first-order valence-corrected chi connectivity index (χ1v) is 7.61. The van der Waals surface area contributed by atoms with Gasteiger partial charge in [-0.3, -0.25) is 0 Å². The number of hydrogen-bond donors (Lipinski definition) is 1. The molecule has 0 amide bonds. The number of benzene rings is 2. The fourth-order valence-corrected chi connectivity index (χ4v) is 2.41. The lowest BCUT2D eigenvalue weighted by Gasteiger charge is -2.11. The van der Waals surface area contributed by atoms with E-state index in [9.17, 15) is 18.0 Å². The zero-order valence-corrected chi connectivity index (χ0v) is 13.1. The van der Waals surface area contributed by atoms with Gasteiger partial charge in [0.05, 0.1) is 0 Å². The molecule has 0 radical (unpaired) electrons. The highest BCUT2D eigenvalue weighted by Gasteiger charge is 2.23. The van der Waals surface area contributed by atoms with Crippen LogP contribution in [0.25, 0.3) is 11.1 Å². The Hall–Kier alpha value is -2.50. The van der Waals surface area contributed by atoms with Gasteiger partial charge in [0, 0.05) is 5.56 Å². The predicted molar refractivity (Wildman–Crippen MR) is 83.6 cm³/mol. The number of halogens is 3. The van der Waals surface area contributed by atoms with Gasteiger partial charge in [-0.25, -0.2) is 13.6 Å². The average molecular weight is 338 g/mol. The third-order valence-corrected chi connectivity index (χ3v) is 3.64. The lowest BCUT2D eigenvalue weighted by Crippen LogP contribution is -2.08. The monoisotopic (exact) mass is 338 g/mol. The molecular formula is C18H17F3O3. The minimum Gasteiger partial charge on any atom is -0.449 e. The van der Waals surface area contributed by atoms with Gasteiger partial charge >= 0.3 is 6.16 Å². The van der Waals surface area contributed by atoms with Crippen molar-refractivity contribution in [1.82, 2.24) is 0 Å². The maximum Gasteiger partial charge on any atom is 0.511 e. The summed E-state index contributed by atoms with van der Waals surface area (Å²) in [6.07, 6.45) is 2.30. The fraction of sp³-hybridized carbons (Fsp3) is 0.278. The van der Waals surface area contributed by atoms with Gasteiger partial charge in [0.15, 0.2) is 17.4 Å². The molecule has 3 nitrogen and oxygen atoms in total. The number of carboxylic acid groups (broad SMARTS) is 1. The van der Waals surface area contributed by atoms with Gasteiger partial charge in [-0.15, -0.1) is 0 Å². The normalized spacial score (nSPS) is 10.7. The van der Waals surface area contributed by atoms with Crippen LogP contribution in [0.15, 0.2) is 30.3 Å². The summed E-state index contributed by atoms with van der Waals surface area (Å²) in [5.74, 6) is -5.70. The van der Waals surface area contributed by atoms with E-state index in [2.05, 4.69) is 11.7 Å². The summed E-state index contributed by atoms with van der Waals surface area (Å²) >= 11 is 0. The van der Waals surface area contributed by atoms with Crippen LogP contribution in [0.5, 0.6) is 5.75 Å². The molecule has 0 saturated heterocycles. The van der Waals surface area contributed by atoms with Crippen molar-refractivity contribution in [1.29, 1.82) is 0 Å². The molecule has 0 aromatic heterocycles. The summed E-state index contributed by atoms with van der Waals surface area (Å²) < 4.78 is 45.0. The summed E-state index contributed by atoms with van der Waals surface area (Å²) in [7, 11) is 0. The smallest absolute Gasteiger partial charge is 0.449 e. The van der Waals surface area contributed by atoms with E-state index in [4.69, 9.17) is 5.11 Å². The van der Waals surface area contributed by atoms with E-state index in [0.717, 1.165) is 37.3 Å². The van der Waals surface area contributed by atoms with Gasteiger partial charge in [-0.05, 0) is 30.0 Å². The highest BCUT2D eigenvalue weighted by atomic mass is 19.2. The molecule has 2 aromatic rings. The zero-order valence-electron chi connectivity index (χ0n) is 13.1. The molecule has 24 heavy (non-hydrogen) atoms. The molecule has 2 rings (SSSR count). The summed E-state index contributed by atoms with van der Waals surface area (Å²) in [5, 5.41) is 8.68. The second-order valence-electron chi connectivity index (χ2n) is 5.39. The van der Waals surface area contributed by atoms with E-state index >= 15 is 0 Å². The molecule has 128 valence electrons. The second kappa shape index (κ2) is 7.86. The van der Waals surface area contributed by atoms with Crippen LogP contribution < -0.4 is 4.74 Å². The van der Waals surface area contributed by atoms with Gasteiger partial charge in [-0.2, -0.15) is 4.39 Å². The number of carbonyl (C=O) groups is 1. The fourth-order valence-electron chi connectivity index (χ4n) is 2.41. The quantitative estimate of drug-likeness (QED) is 0.325. The third kappa shape index (κ3) is 4.07. The van der Waals surface area contributed by atoms with Gasteiger partial charge in [0.2, 0.25) is 5.82 Å². The summed E-state index contributed by atoms with van der Waals surface area (Å²) in [6.45, 7) is 2.10. The Morgan fingerprint density at radius 3 is 2.33 bits per heavy atom. The second-order valence-corrected chi connectivity index (χ2v) is 5.39. The predicted octanol–water partition coefficient (Wildman–Crippen LogP) is 5.56. The first-order chi connectivity index (χ1) is 11.4. The minimum atomic E-state index is -1.81. The average Bonchev–Trinajstić information content (AvgIpc) is 2.56. The molecule has 6 heteroatoms. The molecule has 0 aliphatic carbocycles. The standard InChI is InChI=1S/C18H17F3O3/c1-2-3-4-5-11-6-8-12(9-7-11)13-10-14(19)15(20)16(21)17(13)24-18(22)23/h6-10H,2-5H2,1H3,(H,22,23). The molecule has 0 unspecified atom stereocenters. The number of unbranched alkanes of at least 4 members (excludes halogenated alkanes) is 2. The molecular weight excluding hydrogens is 321 g/mol. The van der Waals surface area contributed by atoms with Crippen molar-refractivity contribution in [3.63, 3.8) is 0 Å². The molecule has 0 aliphatic heterocycles. The molecule has 2 aromatic carbocycles. The lowest BCUT2D eigenvalue weighted by atomic mass is 10.00. The van der Waals surface area contributed by atoms with E-state index in [-0.39, 0.29) is 5.56 Å². The van der Waals surface area contributed by atoms with Crippen LogP contribution in [-0.4, -0.2) is 11.3 Å². The van der Waals surface area contributed by atoms with Crippen molar-refractivity contribution in [2.75, 3.05) is 0 Å². The molecule has 0 saturated carbocycles. The SMILES string of the molecule is CCCCCc1ccc(-c2cc(F)c(F)c(F)c2OC(=O)O)cc1. The lowest BCUT2D eigenvalue weighted by molar-refractivity contribution is 0.142. The van der Waals surface area contributed by atoms with Gasteiger partial charge in [0.1, 0.15) is 0 Å². The minimum absolute atomic E-state index is 0.158.